The van der Waals surface area contributed by atoms with Crippen LogP contribution < -0.4 is 5.32 Å². The summed E-state index contributed by atoms with van der Waals surface area (Å²) >= 11 is 6.07. The Balaban J connectivity index is 1.95. The van der Waals surface area contributed by atoms with Gasteiger partial charge in [-0.15, -0.1) is 0 Å². The SMILES string of the molecule is N#Cc1ccc(Cl)cc1NC1CCCCc2ccccc21. The number of fused-ring (bicyclic) bond motifs is 1. The lowest BCUT2D eigenvalue weighted by molar-refractivity contribution is 0.644. The van der Waals surface area contributed by atoms with Crippen LogP contribution in [0, 0.1) is 11.3 Å². The fraction of sp³-hybridized carbons (Fsp3) is 0.278. The summed E-state index contributed by atoms with van der Waals surface area (Å²) in [5.41, 5.74) is 4.22. The Kier molecular flexibility index (Phi) is 4.13. The summed E-state index contributed by atoms with van der Waals surface area (Å²) in [5, 5.41) is 13.4. The van der Waals surface area contributed by atoms with Crippen LogP contribution in [0.4, 0.5) is 5.69 Å². The highest BCUT2D eigenvalue weighted by Gasteiger charge is 2.19. The molecule has 0 aromatic heterocycles. The van der Waals surface area contributed by atoms with E-state index in [2.05, 4.69) is 35.7 Å². The maximum atomic E-state index is 9.26. The minimum Gasteiger partial charge on any atom is -0.377 e. The Hall–Kier alpha value is -1.98. The molecular formula is C18H17ClN2. The zero-order chi connectivity index (χ0) is 14.7. The zero-order valence-electron chi connectivity index (χ0n) is 11.8. The minimum absolute atomic E-state index is 0.245. The Bertz CT molecular complexity index is 688. The number of halogens is 1. The first-order chi connectivity index (χ1) is 10.3. The molecule has 1 aliphatic carbocycles. The van der Waals surface area contributed by atoms with Gasteiger partial charge >= 0.3 is 0 Å². The van der Waals surface area contributed by atoms with Crippen LogP contribution in [-0.2, 0) is 6.42 Å². The van der Waals surface area contributed by atoms with Crippen molar-refractivity contribution in [2.24, 2.45) is 0 Å². The first kappa shape index (κ1) is 14.0. The molecular weight excluding hydrogens is 280 g/mol. The molecule has 0 saturated heterocycles. The second kappa shape index (κ2) is 6.20. The number of nitrogens with zero attached hydrogens (tertiary/aromatic N) is 1. The van der Waals surface area contributed by atoms with Gasteiger partial charge in [-0.1, -0.05) is 42.3 Å². The Morgan fingerprint density at radius 2 is 2.00 bits per heavy atom. The third kappa shape index (κ3) is 3.04. The Morgan fingerprint density at radius 1 is 1.14 bits per heavy atom. The van der Waals surface area contributed by atoms with Crippen molar-refractivity contribution in [1.82, 2.24) is 0 Å². The van der Waals surface area contributed by atoms with Crippen LogP contribution >= 0.6 is 11.6 Å². The molecule has 3 rings (SSSR count). The summed E-state index contributed by atoms with van der Waals surface area (Å²) in [5.74, 6) is 0. The van der Waals surface area contributed by atoms with Gasteiger partial charge in [0.15, 0.2) is 0 Å². The maximum absolute atomic E-state index is 9.26. The van der Waals surface area contributed by atoms with Crippen LogP contribution in [0.3, 0.4) is 0 Å². The molecule has 2 aromatic rings. The average molecular weight is 297 g/mol. The van der Waals surface area contributed by atoms with Crippen LogP contribution in [0.5, 0.6) is 0 Å². The van der Waals surface area contributed by atoms with Crippen molar-refractivity contribution in [3.8, 4) is 6.07 Å². The van der Waals surface area contributed by atoms with E-state index in [1.165, 1.54) is 24.0 Å². The molecule has 1 aliphatic rings. The molecule has 1 atom stereocenters. The number of anilines is 1. The summed E-state index contributed by atoms with van der Waals surface area (Å²) in [6.07, 6.45) is 4.62. The Labute approximate surface area is 130 Å². The van der Waals surface area contributed by atoms with Gasteiger partial charge in [-0.05, 0) is 48.6 Å². The molecule has 2 aromatic carbocycles. The standard InChI is InChI=1S/C18H17ClN2/c19-15-10-9-14(12-20)18(11-15)21-17-8-4-2-6-13-5-1-3-7-16(13)17/h1,3,5,7,9-11,17,21H,2,4,6,8H2. The minimum atomic E-state index is 0.245. The van der Waals surface area contributed by atoms with Crippen molar-refractivity contribution < 1.29 is 0 Å². The van der Waals surface area contributed by atoms with E-state index in [1.807, 2.05) is 6.07 Å². The summed E-state index contributed by atoms with van der Waals surface area (Å²) in [7, 11) is 0. The average Bonchev–Trinajstić information content (AvgIpc) is 2.70. The van der Waals surface area contributed by atoms with E-state index in [1.54, 1.807) is 12.1 Å². The van der Waals surface area contributed by atoms with Crippen LogP contribution in [0.25, 0.3) is 0 Å². The van der Waals surface area contributed by atoms with Crippen molar-refractivity contribution >= 4 is 17.3 Å². The molecule has 0 bridgehead atoms. The van der Waals surface area contributed by atoms with Crippen LogP contribution in [0.1, 0.15) is 42.0 Å². The topological polar surface area (TPSA) is 35.8 Å². The van der Waals surface area contributed by atoms with E-state index in [9.17, 15) is 5.26 Å². The van der Waals surface area contributed by atoms with Crippen molar-refractivity contribution in [2.75, 3.05) is 5.32 Å². The van der Waals surface area contributed by atoms with E-state index in [-0.39, 0.29) is 6.04 Å². The molecule has 0 spiro atoms. The highest BCUT2D eigenvalue weighted by Crippen LogP contribution is 2.33. The molecule has 1 unspecified atom stereocenters. The number of benzene rings is 2. The van der Waals surface area contributed by atoms with Gasteiger partial charge in [0, 0.05) is 5.02 Å². The van der Waals surface area contributed by atoms with Gasteiger partial charge in [-0.2, -0.15) is 5.26 Å². The van der Waals surface area contributed by atoms with Gasteiger partial charge < -0.3 is 5.32 Å². The summed E-state index contributed by atoms with van der Waals surface area (Å²) in [6, 6.07) is 16.4. The number of aryl methyl sites for hydroxylation is 1. The molecule has 0 amide bonds. The monoisotopic (exact) mass is 296 g/mol. The van der Waals surface area contributed by atoms with Crippen molar-refractivity contribution in [1.29, 1.82) is 5.26 Å². The van der Waals surface area contributed by atoms with Gasteiger partial charge in [-0.25, -0.2) is 0 Å². The number of rotatable bonds is 2. The number of hydrogen-bond acceptors (Lipinski definition) is 2. The first-order valence-electron chi connectivity index (χ1n) is 7.32. The molecule has 0 heterocycles. The van der Waals surface area contributed by atoms with Crippen molar-refractivity contribution in [3.05, 3.63) is 64.2 Å². The first-order valence-corrected chi connectivity index (χ1v) is 7.70. The summed E-state index contributed by atoms with van der Waals surface area (Å²) in [6.45, 7) is 0. The second-order valence-corrected chi connectivity index (χ2v) is 5.88. The fourth-order valence-corrected chi connectivity index (χ4v) is 3.16. The van der Waals surface area contributed by atoms with E-state index >= 15 is 0 Å². The summed E-state index contributed by atoms with van der Waals surface area (Å²) in [4.78, 5) is 0. The van der Waals surface area contributed by atoms with Crippen LogP contribution in [-0.4, -0.2) is 0 Å². The lowest BCUT2D eigenvalue weighted by atomic mass is 9.98. The third-order valence-corrected chi connectivity index (χ3v) is 4.29. The van der Waals surface area contributed by atoms with Gasteiger partial charge in [-0.3, -0.25) is 0 Å². The molecule has 0 aliphatic heterocycles. The van der Waals surface area contributed by atoms with Crippen molar-refractivity contribution in [2.45, 2.75) is 31.7 Å². The van der Waals surface area contributed by atoms with Crippen LogP contribution in [0.2, 0.25) is 5.02 Å². The molecule has 0 radical (unpaired) electrons. The molecule has 1 N–H and O–H groups in total. The number of nitriles is 1. The largest absolute Gasteiger partial charge is 0.377 e. The molecule has 0 saturated carbocycles. The quantitative estimate of drug-likeness (QED) is 0.783. The predicted molar refractivity (Wildman–Crippen MR) is 86.5 cm³/mol. The molecule has 21 heavy (non-hydrogen) atoms. The van der Waals surface area contributed by atoms with Gasteiger partial charge in [0.1, 0.15) is 6.07 Å². The molecule has 2 nitrogen and oxygen atoms in total. The maximum Gasteiger partial charge on any atom is 0.101 e. The number of nitrogens with one attached hydrogen (secondary N) is 1. The van der Waals surface area contributed by atoms with E-state index in [4.69, 9.17) is 11.6 Å². The lowest BCUT2D eigenvalue weighted by Gasteiger charge is -2.21. The highest BCUT2D eigenvalue weighted by atomic mass is 35.5. The van der Waals surface area contributed by atoms with Crippen molar-refractivity contribution in [3.63, 3.8) is 0 Å². The highest BCUT2D eigenvalue weighted by molar-refractivity contribution is 6.30. The smallest absolute Gasteiger partial charge is 0.101 e. The zero-order valence-corrected chi connectivity index (χ0v) is 12.5. The van der Waals surface area contributed by atoms with E-state index in [0.29, 0.717) is 10.6 Å². The Morgan fingerprint density at radius 3 is 2.86 bits per heavy atom. The van der Waals surface area contributed by atoms with Gasteiger partial charge in [0.25, 0.3) is 0 Å². The van der Waals surface area contributed by atoms with Gasteiger partial charge in [0.05, 0.1) is 17.3 Å². The lowest BCUT2D eigenvalue weighted by Crippen LogP contribution is -2.12. The fourth-order valence-electron chi connectivity index (χ4n) is 2.99. The number of hydrogen-bond donors (Lipinski definition) is 1. The third-order valence-electron chi connectivity index (χ3n) is 4.05. The summed E-state index contributed by atoms with van der Waals surface area (Å²) < 4.78 is 0. The van der Waals surface area contributed by atoms with Crippen LogP contribution in [0.15, 0.2) is 42.5 Å². The molecule has 106 valence electrons. The van der Waals surface area contributed by atoms with Gasteiger partial charge in [0.2, 0.25) is 0 Å². The molecule has 3 heteroatoms. The predicted octanol–water partition coefficient (Wildman–Crippen LogP) is 5.09. The molecule has 0 fully saturated rings. The second-order valence-electron chi connectivity index (χ2n) is 5.44. The normalized spacial score (nSPS) is 17.4. The van der Waals surface area contributed by atoms with E-state index in [0.717, 1.165) is 18.5 Å². The van der Waals surface area contributed by atoms with E-state index < -0.39 is 0 Å².